The summed E-state index contributed by atoms with van der Waals surface area (Å²) in [5, 5.41) is 14.3. The van der Waals surface area contributed by atoms with E-state index in [-0.39, 0.29) is 18.0 Å². The molecular weight excluding hydrogens is 367 g/mol. The third-order valence-corrected chi connectivity index (χ3v) is 4.51. The first kappa shape index (κ1) is 17.3. The minimum atomic E-state index is -0.609. The van der Waals surface area contributed by atoms with Gasteiger partial charge in [0.2, 0.25) is 0 Å². The monoisotopic (exact) mass is 378 g/mol. The lowest BCUT2D eigenvalue weighted by molar-refractivity contribution is -0.386. The van der Waals surface area contributed by atoms with Gasteiger partial charge < -0.3 is 4.74 Å². The van der Waals surface area contributed by atoms with Crippen molar-refractivity contribution in [2.75, 3.05) is 0 Å². The van der Waals surface area contributed by atoms with E-state index in [9.17, 15) is 14.5 Å². The zero-order valence-electron chi connectivity index (χ0n) is 12.8. The maximum absolute atomic E-state index is 13.3. The Balaban J connectivity index is 1.67. The predicted octanol–water partition coefficient (Wildman–Crippen LogP) is 5.01. The van der Waals surface area contributed by atoms with Gasteiger partial charge in [-0.2, -0.15) is 0 Å². The van der Waals surface area contributed by atoms with Crippen LogP contribution in [0.25, 0.3) is 0 Å². The van der Waals surface area contributed by atoms with Gasteiger partial charge in [0.25, 0.3) is 0 Å². The number of nitro groups is 1. The summed E-state index contributed by atoms with van der Waals surface area (Å²) in [6, 6.07) is 10.6. The first-order chi connectivity index (χ1) is 12.0. The summed E-state index contributed by atoms with van der Waals surface area (Å²) >= 11 is 7.33. The van der Waals surface area contributed by atoms with Gasteiger partial charge in [0, 0.05) is 29.0 Å². The zero-order valence-corrected chi connectivity index (χ0v) is 14.4. The molecule has 0 aliphatic carbocycles. The van der Waals surface area contributed by atoms with Crippen LogP contribution in [0.4, 0.5) is 10.1 Å². The molecule has 3 aromatic rings. The van der Waals surface area contributed by atoms with Crippen molar-refractivity contribution in [3.63, 3.8) is 0 Å². The molecule has 1 aromatic heterocycles. The Morgan fingerprint density at radius 1 is 1.24 bits per heavy atom. The van der Waals surface area contributed by atoms with Crippen molar-refractivity contribution in [2.45, 2.75) is 13.0 Å². The Kier molecular flexibility index (Phi) is 5.25. The molecular formula is C17H12ClFN2O3S. The van der Waals surface area contributed by atoms with Crippen LogP contribution in [0.3, 0.4) is 0 Å². The highest BCUT2D eigenvalue weighted by Gasteiger charge is 2.16. The number of thiazole rings is 1. The number of nitrogens with zero attached hydrogens (tertiary/aromatic N) is 2. The van der Waals surface area contributed by atoms with E-state index in [2.05, 4.69) is 4.98 Å². The average molecular weight is 379 g/mol. The van der Waals surface area contributed by atoms with Gasteiger partial charge in [-0.05, 0) is 23.8 Å². The summed E-state index contributed by atoms with van der Waals surface area (Å²) in [5.41, 5.74) is 1.43. The van der Waals surface area contributed by atoms with Crippen molar-refractivity contribution in [2.24, 2.45) is 0 Å². The highest BCUT2D eigenvalue weighted by atomic mass is 35.5. The number of halogens is 2. The Labute approximate surface area is 151 Å². The van der Waals surface area contributed by atoms with Gasteiger partial charge in [-0.25, -0.2) is 9.37 Å². The summed E-state index contributed by atoms with van der Waals surface area (Å²) in [5.74, 6) is -0.709. The number of ether oxygens (including phenoxy) is 1. The molecule has 0 spiro atoms. The van der Waals surface area contributed by atoms with E-state index in [4.69, 9.17) is 16.3 Å². The molecule has 0 atom stereocenters. The second kappa shape index (κ2) is 7.58. The minimum Gasteiger partial charge on any atom is -0.480 e. The SMILES string of the molecule is O=[N+]([O-])c1ccc(F)cc1OCc1csc(Cc2ccc(Cl)cc2)n1. The maximum Gasteiger partial charge on any atom is 0.311 e. The minimum absolute atomic E-state index is 0.0292. The van der Waals surface area contributed by atoms with Crippen molar-refractivity contribution in [1.82, 2.24) is 4.98 Å². The van der Waals surface area contributed by atoms with Crippen molar-refractivity contribution < 1.29 is 14.1 Å². The van der Waals surface area contributed by atoms with Gasteiger partial charge in [-0.15, -0.1) is 11.3 Å². The number of nitro benzene ring substituents is 1. The van der Waals surface area contributed by atoms with E-state index in [1.807, 2.05) is 29.6 Å². The molecule has 0 saturated carbocycles. The van der Waals surface area contributed by atoms with Gasteiger partial charge in [0.05, 0.1) is 15.6 Å². The number of hydrogen-bond donors (Lipinski definition) is 0. The molecule has 8 heteroatoms. The standard InChI is InChI=1S/C17H12ClFN2O3S/c18-12-3-1-11(2-4-12)7-17-20-14(10-25-17)9-24-16-8-13(19)5-6-15(16)21(22)23/h1-6,8,10H,7,9H2. The lowest BCUT2D eigenvalue weighted by Gasteiger charge is -2.05. The molecule has 3 rings (SSSR count). The fraction of sp³-hybridized carbons (Fsp3) is 0.118. The summed E-state index contributed by atoms with van der Waals surface area (Å²) in [6.45, 7) is 0.0292. The average Bonchev–Trinajstić information content (AvgIpc) is 3.02. The molecule has 25 heavy (non-hydrogen) atoms. The summed E-state index contributed by atoms with van der Waals surface area (Å²) in [7, 11) is 0. The van der Waals surface area contributed by atoms with Gasteiger partial charge in [-0.1, -0.05) is 23.7 Å². The molecule has 0 aliphatic rings. The third-order valence-electron chi connectivity index (χ3n) is 3.36. The summed E-state index contributed by atoms with van der Waals surface area (Å²) in [4.78, 5) is 14.8. The topological polar surface area (TPSA) is 65.3 Å². The van der Waals surface area contributed by atoms with Crippen LogP contribution in [-0.2, 0) is 13.0 Å². The van der Waals surface area contributed by atoms with Crippen LogP contribution in [0.15, 0.2) is 47.8 Å². The van der Waals surface area contributed by atoms with Crippen molar-refractivity contribution in [3.05, 3.63) is 85.1 Å². The highest BCUT2D eigenvalue weighted by molar-refractivity contribution is 7.09. The highest BCUT2D eigenvalue weighted by Crippen LogP contribution is 2.28. The Hall–Kier alpha value is -2.51. The second-order valence-electron chi connectivity index (χ2n) is 5.19. The number of rotatable bonds is 6. The van der Waals surface area contributed by atoms with E-state index in [1.165, 1.54) is 11.3 Å². The smallest absolute Gasteiger partial charge is 0.311 e. The zero-order chi connectivity index (χ0) is 17.8. The van der Waals surface area contributed by atoms with Crippen LogP contribution in [0.1, 0.15) is 16.3 Å². The van der Waals surface area contributed by atoms with Gasteiger partial charge >= 0.3 is 5.69 Å². The first-order valence-electron chi connectivity index (χ1n) is 7.26. The largest absolute Gasteiger partial charge is 0.480 e. The van der Waals surface area contributed by atoms with Gasteiger partial charge in [0.1, 0.15) is 12.4 Å². The molecule has 0 saturated heterocycles. The van der Waals surface area contributed by atoms with Gasteiger partial charge in [0.15, 0.2) is 5.75 Å². The summed E-state index contributed by atoms with van der Waals surface area (Å²) in [6.07, 6.45) is 0.655. The molecule has 5 nitrogen and oxygen atoms in total. The first-order valence-corrected chi connectivity index (χ1v) is 8.51. The Morgan fingerprint density at radius 3 is 2.72 bits per heavy atom. The van der Waals surface area contributed by atoms with Crippen LogP contribution in [0.2, 0.25) is 5.02 Å². The fourth-order valence-electron chi connectivity index (χ4n) is 2.18. The molecule has 0 bridgehead atoms. The number of benzene rings is 2. The summed E-state index contributed by atoms with van der Waals surface area (Å²) < 4.78 is 18.7. The quantitative estimate of drug-likeness (QED) is 0.446. The third kappa shape index (κ3) is 4.52. The molecule has 0 fully saturated rings. The predicted molar refractivity (Wildman–Crippen MR) is 93.8 cm³/mol. The van der Waals surface area contributed by atoms with E-state index >= 15 is 0 Å². The van der Waals surface area contributed by atoms with Crippen LogP contribution in [0.5, 0.6) is 5.75 Å². The van der Waals surface area contributed by atoms with E-state index < -0.39 is 10.7 Å². The molecule has 0 N–H and O–H groups in total. The lowest BCUT2D eigenvalue weighted by Crippen LogP contribution is -2.00. The normalized spacial score (nSPS) is 10.6. The molecule has 0 radical (unpaired) electrons. The van der Waals surface area contributed by atoms with E-state index in [0.717, 1.165) is 28.8 Å². The van der Waals surface area contributed by atoms with Crippen molar-refractivity contribution in [1.29, 1.82) is 0 Å². The molecule has 0 amide bonds. The molecule has 2 aromatic carbocycles. The van der Waals surface area contributed by atoms with Crippen LogP contribution >= 0.6 is 22.9 Å². The maximum atomic E-state index is 13.3. The molecule has 0 aliphatic heterocycles. The Bertz CT molecular complexity index is 899. The van der Waals surface area contributed by atoms with Crippen molar-refractivity contribution >= 4 is 28.6 Å². The molecule has 128 valence electrons. The molecule has 0 unspecified atom stereocenters. The number of hydrogen-bond acceptors (Lipinski definition) is 5. The lowest BCUT2D eigenvalue weighted by atomic mass is 10.2. The molecule has 1 heterocycles. The second-order valence-corrected chi connectivity index (χ2v) is 6.57. The van der Waals surface area contributed by atoms with Crippen LogP contribution in [0, 0.1) is 15.9 Å². The van der Waals surface area contributed by atoms with E-state index in [1.54, 1.807) is 0 Å². The Morgan fingerprint density at radius 2 is 2.00 bits per heavy atom. The number of aromatic nitrogens is 1. The fourth-order valence-corrected chi connectivity index (χ4v) is 3.12. The van der Waals surface area contributed by atoms with E-state index in [0.29, 0.717) is 17.1 Å². The van der Waals surface area contributed by atoms with Crippen LogP contribution < -0.4 is 4.74 Å². The van der Waals surface area contributed by atoms with Crippen molar-refractivity contribution in [3.8, 4) is 5.75 Å². The van der Waals surface area contributed by atoms with Crippen LogP contribution in [-0.4, -0.2) is 9.91 Å². The van der Waals surface area contributed by atoms with Gasteiger partial charge in [-0.3, -0.25) is 10.1 Å².